The van der Waals surface area contributed by atoms with E-state index in [1.165, 1.54) is 7.11 Å². The third kappa shape index (κ3) is 7.09. The second kappa shape index (κ2) is 13.6. The van der Waals surface area contributed by atoms with Gasteiger partial charge in [0, 0.05) is 23.6 Å². The zero-order chi connectivity index (χ0) is 26.7. The number of aromatic amines is 1. The molecular formula is C31H36N4O3. The van der Waals surface area contributed by atoms with Crippen LogP contribution in [0.1, 0.15) is 30.4 Å². The van der Waals surface area contributed by atoms with Gasteiger partial charge in [0.25, 0.3) is 0 Å². The summed E-state index contributed by atoms with van der Waals surface area (Å²) in [6, 6.07) is 25.3. The summed E-state index contributed by atoms with van der Waals surface area (Å²) in [6.45, 7) is 1.04. The van der Waals surface area contributed by atoms with Crippen LogP contribution in [-0.2, 0) is 27.3 Å². The number of nitrogens with one attached hydrogen (secondary N) is 3. The minimum absolute atomic E-state index is 0.237. The van der Waals surface area contributed by atoms with Crippen molar-refractivity contribution in [3.63, 3.8) is 0 Å². The molecule has 1 unspecified atom stereocenters. The number of hydrogen-bond acceptors (Lipinski definition) is 5. The Morgan fingerprint density at radius 2 is 1.61 bits per heavy atom. The van der Waals surface area contributed by atoms with E-state index in [0.717, 1.165) is 46.0 Å². The second-order valence-corrected chi connectivity index (χ2v) is 9.43. The number of ether oxygens (including phenoxy) is 1. The largest absolute Gasteiger partial charge is 0.467 e. The lowest BCUT2D eigenvalue weighted by Gasteiger charge is -2.22. The Morgan fingerprint density at radius 1 is 0.895 bits per heavy atom. The second-order valence-electron chi connectivity index (χ2n) is 9.43. The Balaban J connectivity index is 1.50. The fourth-order valence-corrected chi connectivity index (χ4v) is 4.62. The number of carbonyl (C=O) groups excluding carboxylic acids is 2. The van der Waals surface area contributed by atoms with Crippen LogP contribution >= 0.6 is 0 Å². The molecule has 0 aliphatic carbocycles. The van der Waals surface area contributed by atoms with Crippen molar-refractivity contribution in [1.29, 1.82) is 0 Å². The summed E-state index contributed by atoms with van der Waals surface area (Å²) < 4.78 is 4.95. The summed E-state index contributed by atoms with van der Waals surface area (Å²) in [4.78, 5) is 29.2. The van der Waals surface area contributed by atoms with E-state index in [1.807, 2.05) is 48.7 Å². The molecule has 0 aliphatic heterocycles. The molecular weight excluding hydrogens is 476 g/mol. The van der Waals surface area contributed by atoms with Crippen molar-refractivity contribution in [2.45, 2.75) is 44.3 Å². The van der Waals surface area contributed by atoms with Crippen LogP contribution in [0.3, 0.4) is 0 Å². The lowest BCUT2D eigenvalue weighted by Crippen LogP contribution is -2.51. The smallest absolute Gasteiger partial charge is 0.328 e. The molecule has 1 amide bonds. The van der Waals surface area contributed by atoms with Crippen LogP contribution in [0.2, 0.25) is 0 Å². The zero-order valence-electron chi connectivity index (χ0n) is 21.8. The molecule has 1 heterocycles. The van der Waals surface area contributed by atoms with Gasteiger partial charge in [0.05, 0.1) is 13.2 Å². The third-order valence-corrected chi connectivity index (χ3v) is 6.78. The number of hydrogen-bond donors (Lipinski definition) is 4. The number of esters is 1. The number of unbranched alkanes of at least 4 members (excludes halogenated alkanes) is 1. The van der Waals surface area contributed by atoms with Gasteiger partial charge >= 0.3 is 5.97 Å². The van der Waals surface area contributed by atoms with Crippen LogP contribution in [0.5, 0.6) is 0 Å². The van der Waals surface area contributed by atoms with Crippen LogP contribution in [0.25, 0.3) is 22.0 Å². The average Bonchev–Trinajstić information content (AvgIpc) is 3.37. The monoisotopic (exact) mass is 512 g/mol. The number of benzene rings is 3. The zero-order valence-corrected chi connectivity index (χ0v) is 21.8. The molecule has 0 aliphatic rings. The first-order valence-electron chi connectivity index (χ1n) is 13.1. The molecule has 4 aromatic rings. The van der Waals surface area contributed by atoms with Gasteiger partial charge in [-0.1, -0.05) is 72.8 Å². The van der Waals surface area contributed by atoms with Crippen molar-refractivity contribution in [2.75, 3.05) is 13.7 Å². The summed E-state index contributed by atoms with van der Waals surface area (Å²) in [5, 5.41) is 7.43. The molecule has 0 fully saturated rings. The van der Waals surface area contributed by atoms with E-state index in [2.05, 4.69) is 52.0 Å². The van der Waals surface area contributed by atoms with E-state index in [0.29, 0.717) is 25.9 Å². The predicted molar refractivity (Wildman–Crippen MR) is 151 cm³/mol. The van der Waals surface area contributed by atoms with Gasteiger partial charge in [-0.05, 0) is 60.5 Å². The molecule has 0 saturated heterocycles. The van der Waals surface area contributed by atoms with Gasteiger partial charge in [-0.3, -0.25) is 4.79 Å². The van der Waals surface area contributed by atoms with Gasteiger partial charge in [0.15, 0.2) is 0 Å². The SMILES string of the molecule is COC(=O)[C@H](CCCCN)NC(=O)C(Cc1c[nH]c2ccccc12)NCc1ccc(-c2ccccc2)cc1. The van der Waals surface area contributed by atoms with Crippen LogP contribution in [-0.4, -0.2) is 42.6 Å². The van der Waals surface area contributed by atoms with Crippen molar-refractivity contribution in [3.05, 3.63) is 96.2 Å². The Morgan fingerprint density at radius 3 is 2.34 bits per heavy atom. The highest BCUT2D eigenvalue weighted by Gasteiger charge is 2.26. The Labute approximate surface area is 223 Å². The number of rotatable bonds is 13. The molecule has 0 radical (unpaired) electrons. The Bertz CT molecular complexity index is 1320. The van der Waals surface area contributed by atoms with Gasteiger partial charge in [0.1, 0.15) is 6.04 Å². The Hall–Kier alpha value is -3.94. The van der Waals surface area contributed by atoms with Crippen molar-refractivity contribution in [2.24, 2.45) is 5.73 Å². The fourth-order valence-electron chi connectivity index (χ4n) is 4.62. The number of nitrogens with two attached hydrogens (primary N) is 1. The van der Waals surface area contributed by atoms with E-state index in [1.54, 1.807) is 0 Å². The minimum Gasteiger partial charge on any atom is -0.467 e. The number of fused-ring (bicyclic) bond motifs is 1. The maximum absolute atomic E-state index is 13.5. The van der Waals surface area contributed by atoms with Crippen molar-refractivity contribution in [3.8, 4) is 11.1 Å². The van der Waals surface area contributed by atoms with Crippen molar-refractivity contribution in [1.82, 2.24) is 15.6 Å². The Kier molecular flexibility index (Phi) is 9.67. The number of para-hydroxylation sites is 1. The molecule has 7 nitrogen and oxygen atoms in total. The molecule has 0 saturated carbocycles. The average molecular weight is 513 g/mol. The van der Waals surface area contributed by atoms with Gasteiger partial charge in [-0.15, -0.1) is 0 Å². The van der Waals surface area contributed by atoms with Gasteiger partial charge < -0.3 is 26.1 Å². The highest BCUT2D eigenvalue weighted by Crippen LogP contribution is 2.21. The first kappa shape index (κ1) is 27.1. The maximum Gasteiger partial charge on any atom is 0.328 e. The van der Waals surface area contributed by atoms with Crippen LogP contribution in [0, 0.1) is 0 Å². The minimum atomic E-state index is -0.712. The van der Waals surface area contributed by atoms with E-state index in [4.69, 9.17) is 10.5 Å². The summed E-state index contributed by atoms with van der Waals surface area (Å²) in [6.07, 6.45) is 4.40. The van der Waals surface area contributed by atoms with Gasteiger partial charge in [0.2, 0.25) is 5.91 Å². The van der Waals surface area contributed by atoms with E-state index >= 15 is 0 Å². The van der Waals surface area contributed by atoms with E-state index in [-0.39, 0.29) is 5.91 Å². The molecule has 2 atom stereocenters. The van der Waals surface area contributed by atoms with Crippen LogP contribution in [0.4, 0.5) is 0 Å². The normalized spacial score (nSPS) is 12.7. The summed E-state index contributed by atoms with van der Waals surface area (Å²) in [5.41, 5.74) is 11.0. The standard InChI is InChI=1S/C31H36N4O3/c1-38-31(37)28(13-7-8-18-32)35-30(36)29(19-25-21-34-27-12-6-5-11-26(25)27)33-20-22-14-16-24(17-15-22)23-9-3-2-4-10-23/h2-6,9-12,14-17,21,28-29,33-34H,7-8,13,18-20,32H2,1H3,(H,35,36)/t28-,29?/m0/s1. The molecule has 0 spiro atoms. The van der Waals surface area contributed by atoms with Crippen molar-refractivity contribution < 1.29 is 14.3 Å². The highest BCUT2D eigenvalue weighted by atomic mass is 16.5. The van der Waals surface area contributed by atoms with Crippen molar-refractivity contribution >= 4 is 22.8 Å². The van der Waals surface area contributed by atoms with Crippen LogP contribution in [0.15, 0.2) is 85.1 Å². The number of amides is 1. The summed E-state index contributed by atoms with van der Waals surface area (Å²) >= 11 is 0. The topological polar surface area (TPSA) is 109 Å². The lowest BCUT2D eigenvalue weighted by atomic mass is 10.0. The first-order valence-corrected chi connectivity index (χ1v) is 13.1. The number of H-pyrrole nitrogens is 1. The van der Waals surface area contributed by atoms with Crippen LogP contribution < -0.4 is 16.4 Å². The summed E-state index contributed by atoms with van der Waals surface area (Å²) in [5.74, 6) is -0.683. The molecule has 3 aromatic carbocycles. The van der Waals surface area contributed by atoms with E-state index < -0.39 is 18.1 Å². The number of aromatic nitrogens is 1. The van der Waals surface area contributed by atoms with E-state index in [9.17, 15) is 9.59 Å². The molecule has 5 N–H and O–H groups in total. The molecule has 198 valence electrons. The third-order valence-electron chi connectivity index (χ3n) is 6.78. The highest BCUT2D eigenvalue weighted by molar-refractivity contribution is 5.89. The molecule has 0 bridgehead atoms. The van der Waals surface area contributed by atoms with Gasteiger partial charge in [-0.2, -0.15) is 0 Å². The molecule has 4 rings (SSSR count). The number of methoxy groups -OCH3 is 1. The molecule has 1 aromatic heterocycles. The fraction of sp³-hybridized carbons (Fsp3) is 0.290. The number of carbonyl (C=O) groups is 2. The molecule has 7 heteroatoms. The quantitative estimate of drug-likeness (QED) is 0.158. The molecule has 38 heavy (non-hydrogen) atoms. The first-order chi connectivity index (χ1) is 18.6. The maximum atomic E-state index is 13.5. The lowest BCUT2D eigenvalue weighted by molar-refractivity contribution is -0.145. The van der Waals surface area contributed by atoms with Gasteiger partial charge in [-0.25, -0.2) is 4.79 Å². The predicted octanol–water partition coefficient (Wildman–Crippen LogP) is 4.32. The summed E-state index contributed by atoms with van der Waals surface area (Å²) in [7, 11) is 1.34.